The van der Waals surface area contributed by atoms with E-state index in [1.807, 2.05) is 33.8 Å². The second-order valence-corrected chi connectivity index (χ2v) is 9.77. The van der Waals surface area contributed by atoms with Crippen molar-refractivity contribution in [1.82, 2.24) is 24.1 Å². The maximum atomic E-state index is 13.8. The Morgan fingerprint density at radius 2 is 2.00 bits per heavy atom. The lowest BCUT2D eigenvalue weighted by Gasteiger charge is -2.28. The highest BCUT2D eigenvalue weighted by Gasteiger charge is 2.26. The van der Waals surface area contributed by atoms with Gasteiger partial charge in [-0.3, -0.25) is 4.57 Å². The molecule has 2 atom stereocenters. The van der Waals surface area contributed by atoms with Crippen LogP contribution < -0.4 is 5.69 Å². The van der Waals surface area contributed by atoms with E-state index in [0.717, 1.165) is 84.0 Å². The van der Waals surface area contributed by atoms with Gasteiger partial charge < -0.3 is 9.72 Å². The zero-order valence-electron chi connectivity index (χ0n) is 19.7. The summed E-state index contributed by atoms with van der Waals surface area (Å²) in [6, 6.07) is 6.26. The number of imidazole rings is 1. The van der Waals surface area contributed by atoms with E-state index in [1.54, 1.807) is 7.11 Å². The molecule has 6 rings (SSSR count). The van der Waals surface area contributed by atoms with Gasteiger partial charge in [-0.05, 0) is 69.1 Å². The van der Waals surface area contributed by atoms with Crippen molar-refractivity contribution in [3.63, 3.8) is 0 Å². The molecule has 2 aliphatic rings. The Labute approximate surface area is 198 Å². The molecule has 1 N–H and O–H groups in total. The van der Waals surface area contributed by atoms with Crippen molar-refractivity contribution in [2.75, 3.05) is 7.11 Å². The number of methoxy groups -OCH3 is 1. The minimum absolute atomic E-state index is 0.0338. The molecule has 34 heavy (non-hydrogen) atoms. The van der Waals surface area contributed by atoms with Crippen LogP contribution in [0.15, 0.2) is 47.7 Å². The fourth-order valence-corrected chi connectivity index (χ4v) is 5.73. The number of pyridine rings is 2. The summed E-state index contributed by atoms with van der Waals surface area (Å²) in [5.41, 5.74) is 5.64. The number of nitrogens with zero attached hydrogens (tertiary/aromatic N) is 4. The maximum absolute atomic E-state index is 13.8. The molecule has 0 spiro atoms. The van der Waals surface area contributed by atoms with Crippen LogP contribution in [-0.2, 0) is 11.3 Å². The number of nitrogens with one attached hydrogen (secondary N) is 1. The van der Waals surface area contributed by atoms with Gasteiger partial charge in [0.1, 0.15) is 5.65 Å². The van der Waals surface area contributed by atoms with Crippen molar-refractivity contribution in [3.8, 4) is 11.1 Å². The molecule has 0 bridgehead atoms. The molecular formula is C27H31N5O2. The first-order chi connectivity index (χ1) is 16.7. The molecular weight excluding hydrogens is 426 g/mol. The molecule has 0 saturated heterocycles. The van der Waals surface area contributed by atoms with Crippen molar-refractivity contribution in [2.45, 2.75) is 64.0 Å². The zero-order valence-corrected chi connectivity index (χ0v) is 19.7. The lowest BCUT2D eigenvalue weighted by atomic mass is 9.87. The molecule has 1 saturated carbocycles. The Kier molecular flexibility index (Phi) is 5.57. The highest BCUT2D eigenvalue weighted by molar-refractivity contribution is 5.85. The van der Waals surface area contributed by atoms with Gasteiger partial charge in [-0.1, -0.05) is 12.5 Å². The smallest absolute Gasteiger partial charge is 0.334 e. The van der Waals surface area contributed by atoms with Gasteiger partial charge in [-0.25, -0.2) is 19.3 Å². The van der Waals surface area contributed by atoms with Gasteiger partial charge in [0.15, 0.2) is 5.65 Å². The Hall–Kier alpha value is -3.19. The third kappa shape index (κ3) is 3.78. The van der Waals surface area contributed by atoms with Gasteiger partial charge in [-0.2, -0.15) is 0 Å². The molecule has 7 nitrogen and oxygen atoms in total. The largest absolute Gasteiger partial charge is 0.381 e. The van der Waals surface area contributed by atoms with Gasteiger partial charge in [0.25, 0.3) is 0 Å². The van der Waals surface area contributed by atoms with Crippen LogP contribution in [0.5, 0.6) is 0 Å². The molecule has 0 amide bonds. The first kappa shape index (κ1) is 21.4. The number of ether oxygens (including phenoxy) is 1. The standard InChI is InChI=1S/C27H31N5O2/c1-34-23-9-5-6-18(12-23)17-31-24-14-21(20-13-19-10-11-28-25(19)29-15-20)16-30-26(24)32(27(31)33)22-7-3-2-4-8-22/h7,10-11,13-16,18,23H,2-6,8-9,12,17H2,1H3,(H,28,29)/t18-,23+/m1/s1. The molecule has 4 aromatic heterocycles. The Morgan fingerprint density at radius 1 is 1.12 bits per heavy atom. The van der Waals surface area contributed by atoms with Crippen LogP contribution >= 0.6 is 0 Å². The van der Waals surface area contributed by atoms with Gasteiger partial charge in [0, 0.05) is 54.5 Å². The van der Waals surface area contributed by atoms with E-state index in [9.17, 15) is 4.79 Å². The summed E-state index contributed by atoms with van der Waals surface area (Å²) in [6.45, 7) is 0.704. The first-order valence-corrected chi connectivity index (χ1v) is 12.5. The average Bonchev–Trinajstić information content (AvgIpc) is 3.46. The summed E-state index contributed by atoms with van der Waals surface area (Å²) in [5, 5.41) is 1.06. The lowest BCUT2D eigenvalue weighted by Crippen LogP contribution is -2.30. The van der Waals surface area contributed by atoms with Gasteiger partial charge in [-0.15, -0.1) is 0 Å². The van der Waals surface area contributed by atoms with Crippen LogP contribution in [0.1, 0.15) is 51.4 Å². The molecule has 0 aromatic carbocycles. The second kappa shape index (κ2) is 8.87. The maximum Gasteiger partial charge on any atom is 0.334 e. The SMILES string of the molecule is CO[C@H]1CCC[C@@H](Cn2c(=O)n(C3=CCCCC3)c3ncc(-c4cnc5[nH]ccc5c4)cc32)C1. The van der Waals surface area contributed by atoms with Gasteiger partial charge in [0.05, 0.1) is 11.6 Å². The number of rotatable bonds is 5. The van der Waals surface area contributed by atoms with Crippen LogP contribution in [0, 0.1) is 5.92 Å². The van der Waals surface area contributed by atoms with E-state index in [4.69, 9.17) is 9.72 Å². The topological polar surface area (TPSA) is 77.7 Å². The van der Waals surface area contributed by atoms with Crippen molar-refractivity contribution in [3.05, 3.63) is 53.3 Å². The minimum atomic E-state index is 0.0338. The number of fused-ring (bicyclic) bond motifs is 2. The lowest BCUT2D eigenvalue weighted by molar-refractivity contribution is 0.0472. The molecule has 2 aliphatic carbocycles. The van der Waals surface area contributed by atoms with Crippen LogP contribution in [0.25, 0.3) is 39.0 Å². The highest BCUT2D eigenvalue weighted by atomic mass is 16.5. The van der Waals surface area contributed by atoms with E-state index in [0.29, 0.717) is 12.5 Å². The zero-order chi connectivity index (χ0) is 23.1. The highest BCUT2D eigenvalue weighted by Crippen LogP contribution is 2.31. The summed E-state index contributed by atoms with van der Waals surface area (Å²) >= 11 is 0. The number of hydrogen-bond donors (Lipinski definition) is 1. The molecule has 7 heteroatoms. The summed E-state index contributed by atoms with van der Waals surface area (Å²) in [4.78, 5) is 26.3. The molecule has 4 aromatic rings. The molecule has 0 radical (unpaired) electrons. The average molecular weight is 458 g/mol. The number of allylic oxidation sites excluding steroid dienone is 2. The quantitative estimate of drug-likeness (QED) is 0.438. The summed E-state index contributed by atoms with van der Waals surface area (Å²) in [5.74, 6) is 0.428. The predicted octanol–water partition coefficient (Wildman–Crippen LogP) is 5.36. The van der Waals surface area contributed by atoms with Crippen LogP contribution in [0.2, 0.25) is 0 Å². The van der Waals surface area contributed by atoms with Crippen LogP contribution in [0.4, 0.5) is 0 Å². The van der Waals surface area contributed by atoms with Crippen molar-refractivity contribution >= 4 is 27.9 Å². The predicted molar refractivity (Wildman–Crippen MR) is 135 cm³/mol. The van der Waals surface area contributed by atoms with Crippen molar-refractivity contribution in [1.29, 1.82) is 0 Å². The molecule has 0 unspecified atom stereocenters. The van der Waals surface area contributed by atoms with Crippen LogP contribution in [-0.4, -0.2) is 37.3 Å². The van der Waals surface area contributed by atoms with Crippen LogP contribution in [0.3, 0.4) is 0 Å². The summed E-state index contributed by atoms with van der Waals surface area (Å²) in [6.07, 6.45) is 16.8. The Morgan fingerprint density at radius 3 is 2.85 bits per heavy atom. The first-order valence-electron chi connectivity index (χ1n) is 12.5. The van der Waals surface area contributed by atoms with Gasteiger partial charge in [0.2, 0.25) is 0 Å². The molecule has 4 heterocycles. The van der Waals surface area contributed by atoms with E-state index in [2.05, 4.69) is 28.2 Å². The van der Waals surface area contributed by atoms with Crippen molar-refractivity contribution < 1.29 is 4.74 Å². The normalized spacial score (nSPS) is 21.3. The Bertz CT molecular complexity index is 1430. The third-order valence-corrected chi connectivity index (χ3v) is 7.57. The second-order valence-electron chi connectivity index (χ2n) is 9.77. The number of H-pyrrole nitrogens is 1. The van der Waals surface area contributed by atoms with Crippen molar-refractivity contribution in [2.24, 2.45) is 5.92 Å². The monoisotopic (exact) mass is 457 g/mol. The van der Waals surface area contributed by atoms with Gasteiger partial charge >= 0.3 is 5.69 Å². The Balaban J connectivity index is 1.47. The molecule has 0 aliphatic heterocycles. The summed E-state index contributed by atoms with van der Waals surface area (Å²) < 4.78 is 9.49. The third-order valence-electron chi connectivity index (χ3n) is 7.57. The van der Waals surface area contributed by atoms with E-state index < -0.39 is 0 Å². The number of aromatic amines is 1. The molecule has 1 fully saturated rings. The number of hydrogen-bond acceptors (Lipinski definition) is 4. The minimum Gasteiger partial charge on any atom is -0.381 e. The van der Waals surface area contributed by atoms with E-state index in [1.165, 1.54) is 6.42 Å². The number of aromatic nitrogens is 5. The molecule has 176 valence electrons. The van der Waals surface area contributed by atoms with E-state index in [-0.39, 0.29) is 11.8 Å². The fourth-order valence-electron chi connectivity index (χ4n) is 5.73. The fraction of sp³-hybridized carbons (Fsp3) is 0.444. The van der Waals surface area contributed by atoms with E-state index >= 15 is 0 Å². The summed E-state index contributed by atoms with van der Waals surface area (Å²) in [7, 11) is 1.80.